The van der Waals surface area contributed by atoms with Gasteiger partial charge in [0.15, 0.2) is 12.2 Å². The third kappa shape index (κ3) is 4.48. The average Bonchev–Trinajstić information content (AvgIpc) is 2.95. The molecule has 3 rings (SSSR count). The molecule has 0 saturated heterocycles. The molecule has 0 fully saturated rings. The minimum absolute atomic E-state index is 0.0553. The summed E-state index contributed by atoms with van der Waals surface area (Å²) in [6.07, 6.45) is 0. The first-order chi connectivity index (χ1) is 12.0. The number of aromatic nitrogens is 1. The number of amides is 2. The number of hydrogen-bond acceptors (Lipinski definition) is 5. The van der Waals surface area contributed by atoms with Crippen LogP contribution in [0.4, 0.5) is 11.7 Å². The fourth-order valence-electron chi connectivity index (χ4n) is 2.09. The summed E-state index contributed by atoms with van der Waals surface area (Å²) in [6.45, 7) is 1.22. The van der Waals surface area contributed by atoms with Crippen molar-refractivity contribution in [3.05, 3.63) is 47.5 Å². The quantitative estimate of drug-likeness (QED) is 0.727. The molecule has 0 aliphatic carbocycles. The van der Waals surface area contributed by atoms with E-state index in [0.29, 0.717) is 27.6 Å². The van der Waals surface area contributed by atoms with E-state index in [-0.39, 0.29) is 18.5 Å². The smallest absolute Gasteiger partial charge is 0.302 e. The first kappa shape index (κ1) is 16.8. The maximum Gasteiger partial charge on any atom is 0.302 e. The molecule has 1 heterocycles. The van der Waals surface area contributed by atoms with Gasteiger partial charge in [-0.3, -0.25) is 14.9 Å². The van der Waals surface area contributed by atoms with Gasteiger partial charge in [-0.2, -0.15) is 4.98 Å². The summed E-state index contributed by atoms with van der Waals surface area (Å²) in [5.41, 5.74) is 1.59. The van der Waals surface area contributed by atoms with E-state index >= 15 is 0 Å². The summed E-state index contributed by atoms with van der Waals surface area (Å²) >= 11 is 5.78. The van der Waals surface area contributed by atoms with Gasteiger partial charge in [-0.25, -0.2) is 0 Å². The maximum absolute atomic E-state index is 11.9. The lowest BCUT2D eigenvalue weighted by molar-refractivity contribution is -0.118. The van der Waals surface area contributed by atoms with Gasteiger partial charge < -0.3 is 14.5 Å². The lowest BCUT2D eigenvalue weighted by Gasteiger charge is -2.05. The number of anilines is 2. The number of fused-ring (bicyclic) bond motifs is 1. The van der Waals surface area contributed by atoms with Crippen LogP contribution in [0.3, 0.4) is 0 Å². The van der Waals surface area contributed by atoms with Crippen molar-refractivity contribution >= 4 is 46.2 Å². The zero-order valence-corrected chi connectivity index (χ0v) is 14.0. The summed E-state index contributed by atoms with van der Waals surface area (Å²) in [7, 11) is 0. The van der Waals surface area contributed by atoms with Crippen molar-refractivity contribution in [2.45, 2.75) is 6.92 Å². The number of nitrogens with zero attached hydrogens (tertiary/aromatic N) is 1. The zero-order chi connectivity index (χ0) is 17.8. The summed E-state index contributed by atoms with van der Waals surface area (Å²) in [6, 6.07) is 11.7. The number of oxazole rings is 1. The molecule has 0 radical (unpaired) electrons. The Labute approximate surface area is 147 Å². The van der Waals surface area contributed by atoms with Crippen molar-refractivity contribution in [1.29, 1.82) is 0 Å². The second kappa shape index (κ2) is 7.23. The highest BCUT2D eigenvalue weighted by Gasteiger charge is 2.11. The first-order valence-electron chi connectivity index (χ1n) is 7.36. The predicted octanol–water partition coefficient (Wildman–Crippen LogP) is 3.46. The molecule has 128 valence electrons. The largest absolute Gasteiger partial charge is 0.484 e. The monoisotopic (exact) mass is 359 g/mol. The van der Waals surface area contributed by atoms with E-state index in [1.54, 1.807) is 42.5 Å². The van der Waals surface area contributed by atoms with E-state index in [0.717, 1.165) is 0 Å². The predicted molar refractivity (Wildman–Crippen MR) is 93.9 cm³/mol. The molecule has 0 bridgehead atoms. The third-order valence-electron chi connectivity index (χ3n) is 3.14. The van der Waals surface area contributed by atoms with Crippen LogP contribution in [0.25, 0.3) is 11.1 Å². The van der Waals surface area contributed by atoms with Gasteiger partial charge in [0, 0.05) is 23.7 Å². The number of benzene rings is 2. The van der Waals surface area contributed by atoms with E-state index in [4.69, 9.17) is 20.8 Å². The van der Waals surface area contributed by atoms with Crippen LogP contribution in [-0.2, 0) is 9.59 Å². The molecule has 2 aromatic carbocycles. The maximum atomic E-state index is 11.9. The zero-order valence-electron chi connectivity index (χ0n) is 13.2. The lowest BCUT2D eigenvalue weighted by atomic mass is 10.3. The number of carbonyl (C=O) groups excluding carboxylic acids is 2. The van der Waals surface area contributed by atoms with Crippen molar-refractivity contribution in [3.8, 4) is 5.75 Å². The van der Waals surface area contributed by atoms with Gasteiger partial charge in [0.05, 0.1) is 0 Å². The SMILES string of the molecule is CC(=O)Nc1ccc2nc(NC(=O)COc3ccc(Cl)cc3)oc2c1. The van der Waals surface area contributed by atoms with Crippen molar-refractivity contribution < 1.29 is 18.7 Å². The molecule has 3 aromatic rings. The number of halogens is 1. The van der Waals surface area contributed by atoms with Crippen LogP contribution >= 0.6 is 11.6 Å². The highest BCUT2D eigenvalue weighted by molar-refractivity contribution is 6.30. The van der Waals surface area contributed by atoms with Gasteiger partial charge in [0.25, 0.3) is 5.91 Å². The van der Waals surface area contributed by atoms with Gasteiger partial charge in [0.1, 0.15) is 11.3 Å². The number of carbonyl (C=O) groups is 2. The molecule has 8 heteroatoms. The van der Waals surface area contributed by atoms with E-state index in [2.05, 4.69) is 15.6 Å². The Kier molecular flexibility index (Phi) is 4.85. The fourth-order valence-corrected chi connectivity index (χ4v) is 2.22. The van der Waals surface area contributed by atoms with Crippen LogP contribution in [0.2, 0.25) is 5.02 Å². The summed E-state index contributed by atoms with van der Waals surface area (Å²) in [4.78, 5) is 27.1. The molecule has 2 N–H and O–H groups in total. The Morgan fingerprint density at radius 2 is 1.92 bits per heavy atom. The third-order valence-corrected chi connectivity index (χ3v) is 3.39. The van der Waals surface area contributed by atoms with Gasteiger partial charge in [0.2, 0.25) is 5.91 Å². The van der Waals surface area contributed by atoms with Gasteiger partial charge in [-0.05, 0) is 36.4 Å². The van der Waals surface area contributed by atoms with Crippen LogP contribution in [0, 0.1) is 0 Å². The van der Waals surface area contributed by atoms with E-state index in [1.165, 1.54) is 6.92 Å². The highest BCUT2D eigenvalue weighted by atomic mass is 35.5. The highest BCUT2D eigenvalue weighted by Crippen LogP contribution is 2.22. The molecular weight excluding hydrogens is 346 g/mol. The summed E-state index contributed by atoms with van der Waals surface area (Å²) in [5, 5.41) is 5.75. The van der Waals surface area contributed by atoms with E-state index in [9.17, 15) is 9.59 Å². The molecule has 0 aliphatic rings. The standard InChI is InChI=1S/C17H14ClN3O4/c1-10(22)19-12-4-7-14-15(8-12)25-17(20-14)21-16(23)9-24-13-5-2-11(18)3-6-13/h2-8H,9H2,1H3,(H,19,22)(H,20,21,23). The minimum Gasteiger partial charge on any atom is -0.484 e. The van der Waals surface area contributed by atoms with Crippen LogP contribution in [0.15, 0.2) is 46.9 Å². The average molecular weight is 360 g/mol. The Morgan fingerprint density at radius 1 is 1.16 bits per heavy atom. The second-order valence-electron chi connectivity index (χ2n) is 5.17. The van der Waals surface area contributed by atoms with Gasteiger partial charge in [-0.1, -0.05) is 11.6 Å². The Hall–Kier alpha value is -3.06. The van der Waals surface area contributed by atoms with Crippen LogP contribution in [-0.4, -0.2) is 23.4 Å². The van der Waals surface area contributed by atoms with Crippen molar-refractivity contribution in [2.75, 3.05) is 17.2 Å². The molecule has 0 spiro atoms. The normalized spacial score (nSPS) is 10.5. The number of hydrogen-bond donors (Lipinski definition) is 2. The number of ether oxygens (including phenoxy) is 1. The molecule has 7 nitrogen and oxygen atoms in total. The number of rotatable bonds is 5. The van der Waals surface area contributed by atoms with Crippen molar-refractivity contribution in [2.24, 2.45) is 0 Å². The van der Waals surface area contributed by atoms with Crippen LogP contribution < -0.4 is 15.4 Å². The summed E-state index contributed by atoms with van der Waals surface area (Å²) < 4.78 is 10.8. The fraction of sp³-hybridized carbons (Fsp3) is 0.118. The second-order valence-corrected chi connectivity index (χ2v) is 5.61. The van der Waals surface area contributed by atoms with E-state index in [1.807, 2.05) is 0 Å². The minimum atomic E-state index is -0.413. The molecule has 0 unspecified atom stereocenters. The lowest BCUT2D eigenvalue weighted by Crippen LogP contribution is -2.20. The Morgan fingerprint density at radius 3 is 2.64 bits per heavy atom. The van der Waals surface area contributed by atoms with Crippen molar-refractivity contribution in [1.82, 2.24) is 4.98 Å². The van der Waals surface area contributed by atoms with Crippen molar-refractivity contribution in [3.63, 3.8) is 0 Å². The molecule has 25 heavy (non-hydrogen) atoms. The van der Waals surface area contributed by atoms with Gasteiger partial charge >= 0.3 is 6.01 Å². The molecule has 0 aliphatic heterocycles. The van der Waals surface area contributed by atoms with E-state index < -0.39 is 5.91 Å². The topological polar surface area (TPSA) is 93.5 Å². The summed E-state index contributed by atoms with van der Waals surface area (Å²) in [5.74, 6) is -0.0765. The Bertz CT molecular complexity index is 921. The van der Waals surface area contributed by atoms with Gasteiger partial charge in [-0.15, -0.1) is 0 Å². The first-order valence-corrected chi connectivity index (χ1v) is 7.74. The molecule has 2 amide bonds. The molecule has 0 atom stereocenters. The van der Waals surface area contributed by atoms with Crippen LogP contribution in [0.5, 0.6) is 5.75 Å². The molecule has 1 aromatic heterocycles. The van der Waals surface area contributed by atoms with Crippen LogP contribution in [0.1, 0.15) is 6.92 Å². The Balaban J connectivity index is 1.62. The number of nitrogens with one attached hydrogen (secondary N) is 2. The molecule has 0 saturated carbocycles. The molecular formula is C17H14ClN3O4.